The van der Waals surface area contributed by atoms with Gasteiger partial charge in [0.15, 0.2) is 4.32 Å². The van der Waals surface area contributed by atoms with Crippen LogP contribution < -0.4 is 14.7 Å². The van der Waals surface area contributed by atoms with Gasteiger partial charge >= 0.3 is 0 Å². The van der Waals surface area contributed by atoms with E-state index in [4.69, 9.17) is 17.0 Å². The molecule has 0 spiro atoms. The minimum Gasteiger partial charge on any atom is -0.378 e. The summed E-state index contributed by atoms with van der Waals surface area (Å²) in [5.41, 5.74) is 4.05. The van der Waals surface area contributed by atoms with E-state index in [-0.39, 0.29) is 5.91 Å². The Bertz CT molecular complexity index is 934. The second-order valence-electron chi connectivity index (χ2n) is 7.12. The van der Waals surface area contributed by atoms with Crippen molar-refractivity contribution in [3.05, 3.63) is 59.0 Å². The van der Waals surface area contributed by atoms with Crippen LogP contribution in [0, 0.1) is 0 Å². The highest BCUT2D eigenvalue weighted by molar-refractivity contribution is 8.27. The van der Waals surface area contributed by atoms with Crippen LogP contribution in [0.3, 0.4) is 0 Å². The number of ether oxygens (including phenoxy) is 1. The molecule has 2 heterocycles. The van der Waals surface area contributed by atoms with Crippen LogP contribution in [0.4, 0.5) is 17.1 Å². The number of anilines is 3. The number of thiocarbonyl (C=S) groups is 1. The Hall–Kier alpha value is -2.35. The SMILES string of the molecule is CN(C)c1ccc(N2C(=O)/C(=C\c3ccc(N4CCOCC4)cc3)SC2=S)cc1. The first-order valence-corrected chi connectivity index (χ1v) is 10.7. The van der Waals surface area contributed by atoms with E-state index in [1.165, 1.54) is 17.4 Å². The van der Waals surface area contributed by atoms with E-state index in [0.29, 0.717) is 9.23 Å². The summed E-state index contributed by atoms with van der Waals surface area (Å²) in [7, 11) is 3.98. The Balaban J connectivity index is 1.51. The van der Waals surface area contributed by atoms with E-state index in [0.717, 1.165) is 43.2 Å². The highest BCUT2D eigenvalue weighted by Gasteiger charge is 2.33. The van der Waals surface area contributed by atoms with Gasteiger partial charge in [0.05, 0.1) is 23.8 Å². The van der Waals surface area contributed by atoms with Crippen molar-refractivity contribution in [1.29, 1.82) is 0 Å². The van der Waals surface area contributed by atoms with Gasteiger partial charge in [-0.25, -0.2) is 0 Å². The minimum absolute atomic E-state index is 0.0742. The van der Waals surface area contributed by atoms with Crippen LogP contribution in [-0.2, 0) is 9.53 Å². The zero-order valence-electron chi connectivity index (χ0n) is 16.5. The molecule has 2 aliphatic heterocycles. The lowest BCUT2D eigenvalue weighted by Gasteiger charge is -2.28. The van der Waals surface area contributed by atoms with Crippen LogP contribution in [0.5, 0.6) is 0 Å². The van der Waals surface area contributed by atoms with Crippen LogP contribution in [0.25, 0.3) is 6.08 Å². The fraction of sp³-hybridized carbons (Fsp3) is 0.273. The molecule has 2 fully saturated rings. The molecule has 0 radical (unpaired) electrons. The van der Waals surface area contributed by atoms with Gasteiger partial charge in [0.25, 0.3) is 5.91 Å². The number of amides is 1. The molecule has 0 aromatic heterocycles. The molecule has 0 saturated carbocycles. The van der Waals surface area contributed by atoms with Gasteiger partial charge in [-0.1, -0.05) is 36.1 Å². The van der Waals surface area contributed by atoms with Crippen molar-refractivity contribution in [2.75, 3.05) is 55.1 Å². The van der Waals surface area contributed by atoms with Gasteiger partial charge in [0.2, 0.25) is 0 Å². The Morgan fingerprint density at radius 3 is 2.24 bits per heavy atom. The average Bonchev–Trinajstić information content (AvgIpc) is 3.02. The molecule has 2 saturated heterocycles. The van der Waals surface area contributed by atoms with Crippen LogP contribution in [0.15, 0.2) is 53.4 Å². The molecule has 2 aliphatic rings. The van der Waals surface area contributed by atoms with Crippen molar-refractivity contribution in [3.8, 4) is 0 Å². The highest BCUT2D eigenvalue weighted by Crippen LogP contribution is 2.36. The zero-order chi connectivity index (χ0) is 20.4. The normalized spacial score (nSPS) is 18.6. The third-order valence-electron chi connectivity index (χ3n) is 4.99. The monoisotopic (exact) mass is 425 g/mol. The van der Waals surface area contributed by atoms with Crippen molar-refractivity contribution >= 4 is 57.3 Å². The largest absolute Gasteiger partial charge is 0.378 e. The number of thioether (sulfide) groups is 1. The number of benzene rings is 2. The number of carbonyl (C=O) groups is 1. The fourth-order valence-corrected chi connectivity index (χ4v) is 4.64. The third-order valence-corrected chi connectivity index (χ3v) is 6.29. The summed E-state index contributed by atoms with van der Waals surface area (Å²) in [5.74, 6) is -0.0742. The molecule has 2 aromatic rings. The molecule has 7 heteroatoms. The van der Waals surface area contributed by atoms with Crippen molar-refractivity contribution in [2.24, 2.45) is 0 Å². The fourth-order valence-electron chi connectivity index (χ4n) is 3.34. The summed E-state index contributed by atoms with van der Waals surface area (Å²) in [6, 6.07) is 16.1. The topological polar surface area (TPSA) is 36.0 Å². The summed E-state index contributed by atoms with van der Waals surface area (Å²) in [6.45, 7) is 3.34. The summed E-state index contributed by atoms with van der Waals surface area (Å²) < 4.78 is 5.97. The number of rotatable bonds is 4. The standard InChI is InChI=1S/C22H23N3O2S2/c1-23(2)17-7-9-19(10-8-17)25-21(26)20(29-22(25)28)15-16-3-5-18(6-4-16)24-11-13-27-14-12-24/h3-10,15H,11-14H2,1-2H3/b20-15+. The predicted octanol–water partition coefficient (Wildman–Crippen LogP) is 4.00. The van der Waals surface area contributed by atoms with Crippen LogP contribution in [-0.4, -0.2) is 50.6 Å². The Kier molecular flexibility index (Phi) is 5.89. The van der Waals surface area contributed by atoms with Crippen molar-refractivity contribution < 1.29 is 9.53 Å². The molecule has 0 aliphatic carbocycles. The van der Waals surface area contributed by atoms with Gasteiger partial charge in [0.1, 0.15) is 0 Å². The predicted molar refractivity (Wildman–Crippen MR) is 126 cm³/mol. The molecule has 2 aromatic carbocycles. The smallest absolute Gasteiger partial charge is 0.270 e. The first-order chi connectivity index (χ1) is 14.0. The van der Waals surface area contributed by atoms with Crippen molar-refractivity contribution in [3.63, 3.8) is 0 Å². The molecular weight excluding hydrogens is 402 g/mol. The van der Waals surface area contributed by atoms with Gasteiger partial charge < -0.3 is 14.5 Å². The molecule has 4 rings (SSSR count). The van der Waals surface area contributed by atoms with E-state index < -0.39 is 0 Å². The molecular formula is C22H23N3O2S2. The Labute approximate surface area is 180 Å². The molecule has 0 unspecified atom stereocenters. The van der Waals surface area contributed by atoms with Crippen molar-refractivity contribution in [1.82, 2.24) is 0 Å². The molecule has 1 amide bonds. The van der Waals surface area contributed by atoms with Crippen molar-refractivity contribution in [2.45, 2.75) is 0 Å². The average molecular weight is 426 g/mol. The number of hydrogen-bond donors (Lipinski definition) is 0. The van der Waals surface area contributed by atoms with Crippen LogP contribution in [0.1, 0.15) is 5.56 Å². The van der Waals surface area contributed by atoms with Gasteiger partial charge in [-0.3, -0.25) is 9.69 Å². The summed E-state index contributed by atoms with van der Waals surface area (Å²) in [5, 5.41) is 0. The second-order valence-corrected chi connectivity index (χ2v) is 8.79. The third kappa shape index (κ3) is 4.32. The van der Waals surface area contributed by atoms with E-state index in [2.05, 4.69) is 17.0 Å². The number of morpholine rings is 1. The lowest BCUT2D eigenvalue weighted by molar-refractivity contribution is -0.113. The van der Waals surface area contributed by atoms with Crippen LogP contribution >= 0.6 is 24.0 Å². The first-order valence-electron chi connectivity index (χ1n) is 9.51. The summed E-state index contributed by atoms with van der Waals surface area (Å²) in [6.07, 6.45) is 1.91. The molecule has 5 nitrogen and oxygen atoms in total. The van der Waals surface area contributed by atoms with Crippen LogP contribution in [0.2, 0.25) is 0 Å². The first kappa shape index (κ1) is 19.9. The van der Waals surface area contributed by atoms with E-state index in [9.17, 15) is 4.79 Å². The Morgan fingerprint density at radius 2 is 1.62 bits per heavy atom. The lowest BCUT2D eigenvalue weighted by Crippen LogP contribution is -2.36. The molecule has 0 atom stereocenters. The van der Waals surface area contributed by atoms with Gasteiger partial charge in [-0.2, -0.15) is 0 Å². The number of carbonyl (C=O) groups excluding carboxylic acids is 1. The molecule has 0 N–H and O–H groups in total. The Morgan fingerprint density at radius 1 is 1.00 bits per heavy atom. The maximum Gasteiger partial charge on any atom is 0.270 e. The molecule has 29 heavy (non-hydrogen) atoms. The number of hydrogen-bond acceptors (Lipinski definition) is 6. The highest BCUT2D eigenvalue weighted by atomic mass is 32.2. The maximum atomic E-state index is 13.0. The zero-order valence-corrected chi connectivity index (χ0v) is 18.1. The van der Waals surface area contributed by atoms with E-state index in [1.54, 1.807) is 4.90 Å². The summed E-state index contributed by atoms with van der Waals surface area (Å²) >= 11 is 6.83. The second kappa shape index (κ2) is 8.57. The summed E-state index contributed by atoms with van der Waals surface area (Å²) in [4.78, 5) is 19.6. The molecule has 0 bridgehead atoms. The lowest BCUT2D eigenvalue weighted by atomic mass is 10.1. The number of nitrogens with zero attached hydrogens (tertiary/aromatic N) is 3. The van der Waals surface area contributed by atoms with E-state index in [1.807, 2.05) is 61.5 Å². The van der Waals surface area contributed by atoms with Gasteiger partial charge in [0, 0.05) is 38.6 Å². The quantitative estimate of drug-likeness (QED) is 0.544. The van der Waals surface area contributed by atoms with Gasteiger partial charge in [-0.05, 0) is 48.0 Å². The van der Waals surface area contributed by atoms with Gasteiger partial charge in [-0.15, -0.1) is 0 Å². The maximum absolute atomic E-state index is 13.0. The minimum atomic E-state index is -0.0742. The van der Waals surface area contributed by atoms with E-state index >= 15 is 0 Å². The molecule has 150 valence electrons.